The van der Waals surface area contributed by atoms with Gasteiger partial charge in [0.1, 0.15) is 5.56 Å². The Kier molecular flexibility index (Phi) is 3.47. The second-order valence-electron chi connectivity index (χ2n) is 4.69. The van der Waals surface area contributed by atoms with Gasteiger partial charge in [-0.15, -0.1) is 0 Å². The molecule has 2 N–H and O–H groups in total. The average Bonchev–Trinajstić information content (AvgIpc) is 2.34. The Hall–Kier alpha value is -1.69. The van der Waals surface area contributed by atoms with Gasteiger partial charge in [-0.1, -0.05) is 0 Å². The Labute approximate surface area is 105 Å². The summed E-state index contributed by atoms with van der Waals surface area (Å²) in [7, 11) is 0. The highest BCUT2D eigenvalue weighted by Crippen LogP contribution is 2.14. The molecule has 6 heteroatoms. The predicted octanol–water partition coefficient (Wildman–Crippen LogP) is -0.0164. The number of carbonyl (C=O) groups is 1. The zero-order valence-electron chi connectivity index (χ0n) is 10.6. The van der Waals surface area contributed by atoms with Gasteiger partial charge in [0.05, 0.1) is 11.8 Å². The highest BCUT2D eigenvalue weighted by atomic mass is 16.3. The molecule has 0 saturated carbocycles. The predicted molar refractivity (Wildman–Crippen MR) is 65.5 cm³/mol. The van der Waals surface area contributed by atoms with Crippen molar-refractivity contribution in [1.82, 2.24) is 15.1 Å². The number of aliphatic hydroxyl groups is 1. The van der Waals surface area contributed by atoms with Crippen molar-refractivity contribution in [3.05, 3.63) is 27.2 Å². The van der Waals surface area contributed by atoms with E-state index < -0.39 is 11.7 Å². The van der Waals surface area contributed by atoms with Crippen molar-refractivity contribution in [1.29, 1.82) is 0 Å². The fraction of sp³-hybridized carbons (Fsp3) is 0.583. The van der Waals surface area contributed by atoms with Gasteiger partial charge in [0.25, 0.3) is 11.5 Å². The molecule has 1 aliphatic heterocycles. The number of nitrogens with zero attached hydrogens (tertiary/aromatic N) is 2. The molecule has 1 saturated heterocycles. The summed E-state index contributed by atoms with van der Waals surface area (Å²) >= 11 is 0. The number of nitrogens with one attached hydrogen (secondary N) is 1. The van der Waals surface area contributed by atoms with Crippen LogP contribution in [0.5, 0.6) is 0 Å². The lowest BCUT2D eigenvalue weighted by Gasteiger charge is -2.30. The molecule has 0 spiro atoms. The lowest BCUT2D eigenvalue weighted by molar-refractivity contribution is 0.0471. The van der Waals surface area contributed by atoms with Crippen LogP contribution in [-0.2, 0) is 0 Å². The number of carbonyl (C=O) groups excluding carboxylic acids is 1. The normalized spacial score (nSPS) is 19.9. The quantitative estimate of drug-likeness (QED) is 0.734. The van der Waals surface area contributed by atoms with E-state index in [-0.39, 0.29) is 11.5 Å². The van der Waals surface area contributed by atoms with Crippen molar-refractivity contribution in [3.63, 3.8) is 0 Å². The number of rotatable bonds is 1. The van der Waals surface area contributed by atoms with Crippen LogP contribution < -0.4 is 5.56 Å². The average molecular weight is 251 g/mol. The maximum atomic E-state index is 12.3. The molecule has 1 atom stereocenters. The van der Waals surface area contributed by atoms with Gasteiger partial charge in [-0.3, -0.25) is 9.59 Å². The highest BCUT2D eigenvalue weighted by molar-refractivity contribution is 5.95. The van der Waals surface area contributed by atoms with Crippen LogP contribution in [0.15, 0.2) is 4.79 Å². The third-order valence-corrected chi connectivity index (χ3v) is 3.37. The van der Waals surface area contributed by atoms with Crippen molar-refractivity contribution in [2.75, 3.05) is 13.1 Å². The van der Waals surface area contributed by atoms with Crippen molar-refractivity contribution in [2.24, 2.45) is 0 Å². The van der Waals surface area contributed by atoms with Gasteiger partial charge in [0.2, 0.25) is 0 Å². The fourth-order valence-electron chi connectivity index (χ4n) is 2.18. The van der Waals surface area contributed by atoms with E-state index in [0.717, 1.165) is 6.42 Å². The van der Waals surface area contributed by atoms with E-state index in [0.29, 0.717) is 30.8 Å². The zero-order chi connectivity index (χ0) is 13.3. The molecular weight excluding hydrogens is 234 g/mol. The van der Waals surface area contributed by atoms with Gasteiger partial charge < -0.3 is 10.0 Å². The van der Waals surface area contributed by atoms with E-state index in [1.54, 1.807) is 13.8 Å². The van der Waals surface area contributed by atoms with Crippen LogP contribution in [0.25, 0.3) is 0 Å². The Morgan fingerprint density at radius 1 is 1.50 bits per heavy atom. The van der Waals surface area contributed by atoms with Crippen molar-refractivity contribution in [3.8, 4) is 0 Å². The Bertz CT molecular complexity index is 524. The molecule has 0 radical (unpaired) electrons. The number of amides is 1. The number of aliphatic hydroxyl groups excluding tert-OH is 1. The first kappa shape index (κ1) is 12.8. The number of aromatic amines is 1. The number of aromatic nitrogens is 2. The molecule has 1 amide bonds. The molecular formula is C12H17N3O3. The van der Waals surface area contributed by atoms with E-state index in [2.05, 4.69) is 10.2 Å². The zero-order valence-corrected chi connectivity index (χ0v) is 10.6. The van der Waals surface area contributed by atoms with Gasteiger partial charge in [-0.25, -0.2) is 5.10 Å². The summed E-state index contributed by atoms with van der Waals surface area (Å²) in [4.78, 5) is 25.6. The van der Waals surface area contributed by atoms with Gasteiger partial charge in [0.15, 0.2) is 0 Å². The topological polar surface area (TPSA) is 86.3 Å². The molecule has 6 nitrogen and oxygen atoms in total. The van der Waals surface area contributed by atoms with Gasteiger partial charge in [-0.2, -0.15) is 5.10 Å². The summed E-state index contributed by atoms with van der Waals surface area (Å²) in [5.41, 5.74) is 0.902. The maximum Gasteiger partial charge on any atom is 0.277 e. The molecule has 1 unspecified atom stereocenters. The molecule has 0 aromatic carbocycles. The summed E-state index contributed by atoms with van der Waals surface area (Å²) in [6.45, 7) is 4.33. The fourth-order valence-corrected chi connectivity index (χ4v) is 2.18. The van der Waals surface area contributed by atoms with E-state index in [9.17, 15) is 14.7 Å². The molecule has 1 fully saturated rings. The van der Waals surface area contributed by atoms with Crippen molar-refractivity contribution in [2.45, 2.75) is 32.8 Å². The van der Waals surface area contributed by atoms with Crippen molar-refractivity contribution >= 4 is 5.91 Å². The number of hydrogen-bond donors (Lipinski definition) is 2. The first-order valence-electron chi connectivity index (χ1n) is 6.04. The van der Waals surface area contributed by atoms with Crippen LogP contribution in [0.3, 0.4) is 0 Å². The van der Waals surface area contributed by atoms with E-state index in [1.165, 1.54) is 4.90 Å². The van der Waals surface area contributed by atoms with E-state index >= 15 is 0 Å². The first-order chi connectivity index (χ1) is 8.50. The van der Waals surface area contributed by atoms with Crippen molar-refractivity contribution < 1.29 is 9.90 Å². The number of H-pyrrole nitrogens is 1. The number of aryl methyl sites for hydroxylation is 1. The summed E-state index contributed by atoms with van der Waals surface area (Å²) in [6.07, 6.45) is 0.965. The van der Waals surface area contributed by atoms with Gasteiger partial charge in [0, 0.05) is 13.1 Å². The van der Waals surface area contributed by atoms with Crippen LogP contribution in [0.4, 0.5) is 0 Å². The number of hydrogen-bond acceptors (Lipinski definition) is 4. The Morgan fingerprint density at radius 2 is 2.22 bits per heavy atom. The number of β-amino-alcohol motifs (C(OH)–C–C–N with tert-alkyl or cyclic N) is 1. The minimum atomic E-state index is -0.495. The van der Waals surface area contributed by atoms with E-state index in [4.69, 9.17) is 0 Å². The second kappa shape index (κ2) is 4.89. The molecule has 1 aromatic heterocycles. The van der Waals surface area contributed by atoms with Crippen LogP contribution in [0.1, 0.15) is 34.5 Å². The molecule has 2 heterocycles. The number of likely N-dealkylation sites (tertiary alicyclic amines) is 1. The SMILES string of the molecule is Cc1n[nH]c(=O)c(C(=O)N2CCCC(O)C2)c1C. The lowest BCUT2D eigenvalue weighted by atomic mass is 10.0. The smallest absolute Gasteiger partial charge is 0.277 e. The Balaban J connectivity index is 2.34. The lowest BCUT2D eigenvalue weighted by Crippen LogP contribution is -2.44. The van der Waals surface area contributed by atoms with Crippen LogP contribution >= 0.6 is 0 Å². The third-order valence-electron chi connectivity index (χ3n) is 3.37. The minimum Gasteiger partial charge on any atom is -0.391 e. The minimum absolute atomic E-state index is 0.136. The second-order valence-corrected chi connectivity index (χ2v) is 4.69. The maximum absolute atomic E-state index is 12.3. The third kappa shape index (κ3) is 2.28. The van der Waals surface area contributed by atoms with Gasteiger partial charge >= 0.3 is 0 Å². The largest absolute Gasteiger partial charge is 0.391 e. The molecule has 2 rings (SSSR count). The molecule has 1 aliphatic rings. The molecule has 0 bridgehead atoms. The van der Waals surface area contributed by atoms with Crippen LogP contribution in [-0.4, -0.2) is 45.3 Å². The summed E-state index contributed by atoms with van der Waals surface area (Å²) in [5.74, 6) is -0.321. The first-order valence-corrected chi connectivity index (χ1v) is 6.04. The summed E-state index contributed by atoms with van der Waals surface area (Å²) < 4.78 is 0. The number of piperidine rings is 1. The summed E-state index contributed by atoms with van der Waals surface area (Å²) in [5, 5.41) is 15.7. The highest BCUT2D eigenvalue weighted by Gasteiger charge is 2.26. The van der Waals surface area contributed by atoms with E-state index in [1.807, 2.05) is 0 Å². The van der Waals surface area contributed by atoms with Crippen LogP contribution in [0, 0.1) is 13.8 Å². The molecule has 98 valence electrons. The van der Waals surface area contributed by atoms with Gasteiger partial charge in [-0.05, 0) is 32.3 Å². The Morgan fingerprint density at radius 3 is 2.89 bits per heavy atom. The standard InChI is InChI=1S/C12H17N3O3/c1-7-8(2)13-14-11(17)10(7)12(18)15-5-3-4-9(16)6-15/h9,16H,3-6H2,1-2H3,(H,14,17). The molecule has 0 aliphatic carbocycles. The summed E-state index contributed by atoms with van der Waals surface area (Å²) in [6, 6.07) is 0. The monoisotopic (exact) mass is 251 g/mol. The molecule has 18 heavy (non-hydrogen) atoms. The molecule has 1 aromatic rings. The van der Waals surface area contributed by atoms with Crippen LogP contribution in [0.2, 0.25) is 0 Å².